The minimum atomic E-state index is 0. The van der Waals surface area contributed by atoms with Gasteiger partial charge in [-0.2, -0.15) is 18.1 Å². The van der Waals surface area contributed by atoms with Crippen LogP contribution in [0.2, 0.25) is 0 Å². The van der Waals surface area contributed by atoms with E-state index < -0.39 is 0 Å². The van der Waals surface area contributed by atoms with Gasteiger partial charge in [0, 0.05) is 5.92 Å². The van der Waals surface area contributed by atoms with Crippen LogP contribution in [-0.4, -0.2) is 0 Å². The average molecular weight is 360 g/mol. The molecular formula is C7H10EsN-. The van der Waals surface area contributed by atoms with Crippen molar-refractivity contribution < 1.29 is 0 Å². The summed E-state index contributed by atoms with van der Waals surface area (Å²) in [7, 11) is 0. The Bertz CT molecular complexity index is 100.0. The smallest absolute Gasteiger partial charge is 0.0653 e. The maximum atomic E-state index is 8.43. The quantitative estimate of drug-likeness (QED) is 0.606. The van der Waals surface area contributed by atoms with Gasteiger partial charge in [-0.3, -0.25) is 0 Å². The Kier molecular flexibility index (Phi) is 2.90. The van der Waals surface area contributed by atoms with Crippen LogP contribution in [0.3, 0.4) is 0 Å². The molecule has 0 saturated heterocycles. The van der Waals surface area contributed by atoms with Gasteiger partial charge < -0.3 is 6.42 Å². The van der Waals surface area contributed by atoms with E-state index in [2.05, 4.69) is 12.5 Å². The molecule has 0 aromatic carbocycles. The maximum Gasteiger partial charge on any atom is 0.0653 e. The Hall–Kier alpha value is -1.51. The third kappa shape index (κ3) is 1.82. The second-order valence-corrected chi connectivity index (χ2v) is 2.27. The van der Waals surface area contributed by atoms with E-state index in [4.69, 9.17) is 5.26 Å². The average Bonchev–Trinajstić information content (AvgIpc) is 1.90. The third-order valence-corrected chi connectivity index (χ3v) is 1.62. The summed E-state index contributed by atoms with van der Waals surface area (Å²) in [6.45, 7) is 0. The van der Waals surface area contributed by atoms with E-state index >= 15 is 0 Å². The monoisotopic (exact) mass is 360 g/mol. The Morgan fingerprint density at radius 2 is 1.89 bits per heavy atom. The Morgan fingerprint density at radius 1 is 1.33 bits per heavy atom. The minimum Gasteiger partial charge on any atom is -0.328 e. The second kappa shape index (κ2) is 3.49. The third-order valence-electron chi connectivity index (χ3n) is 1.62. The molecule has 9 heavy (non-hydrogen) atoms. The standard InChI is InChI=1S/C7H10N.Es/c8-6-7-4-2-1-3-5-7;/h1,7H,2-5H2;/q-1;. The predicted molar refractivity (Wildman–Crippen MR) is 31.9 cm³/mol. The Morgan fingerprint density at radius 3 is 2.22 bits per heavy atom. The summed E-state index contributed by atoms with van der Waals surface area (Å²) in [6, 6.07) is 2.28. The number of nitriles is 1. The van der Waals surface area contributed by atoms with E-state index in [1.807, 2.05) is 0 Å². The molecule has 0 aromatic heterocycles. The van der Waals surface area contributed by atoms with E-state index in [0.717, 1.165) is 25.7 Å². The van der Waals surface area contributed by atoms with Crippen LogP contribution in [0.1, 0.15) is 25.7 Å². The van der Waals surface area contributed by atoms with Crippen molar-refractivity contribution in [2.24, 2.45) is 5.92 Å². The predicted octanol–water partition coefficient (Wildman–Crippen LogP) is 1.90. The van der Waals surface area contributed by atoms with Gasteiger partial charge >= 0.3 is 0 Å². The number of nitrogens with zero attached hydrogens (tertiary/aromatic N) is 1. The molecule has 0 bridgehead atoms. The number of hydrogen-bond acceptors (Lipinski definition) is 1. The Labute approximate surface area is 50.3 Å². The van der Waals surface area contributed by atoms with Gasteiger partial charge in [0.25, 0.3) is 0 Å². The topological polar surface area (TPSA) is 23.8 Å². The van der Waals surface area contributed by atoms with Gasteiger partial charge in [-0.05, 0) is 0 Å². The molecule has 0 amide bonds. The van der Waals surface area contributed by atoms with Crippen molar-refractivity contribution in [1.29, 1.82) is 5.26 Å². The van der Waals surface area contributed by atoms with Crippen molar-refractivity contribution in [2.75, 3.05) is 0 Å². The van der Waals surface area contributed by atoms with E-state index in [-0.39, 0.29) is 0 Å². The van der Waals surface area contributed by atoms with Gasteiger partial charge in [0.1, 0.15) is 0 Å². The van der Waals surface area contributed by atoms with Crippen LogP contribution < -0.4 is 0 Å². The molecule has 0 spiro atoms. The largest absolute Gasteiger partial charge is 0.328 e. The zero-order chi connectivity index (χ0) is 5.82. The van der Waals surface area contributed by atoms with Gasteiger partial charge in [-0.25, -0.2) is 0 Å². The summed E-state index contributed by atoms with van der Waals surface area (Å²) in [5, 5.41) is 8.43. The summed E-state index contributed by atoms with van der Waals surface area (Å²) >= 11 is 0. The summed E-state index contributed by atoms with van der Waals surface area (Å²) in [6.07, 6.45) is 6.76. The van der Waals surface area contributed by atoms with Crippen molar-refractivity contribution in [3.63, 3.8) is 0 Å². The summed E-state index contributed by atoms with van der Waals surface area (Å²) < 4.78 is 0. The fourth-order valence-electron chi connectivity index (χ4n) is 1.06. The van der Waals surface area contributed by atoms with Crippen LogP contribution in [-0.2, 0) is 0 Å². The van der Waals surface area contributed by atoms with Crippen LogP contribution in [0.15, 0.2) is 0 Å². The number of hydrogen-bond donors (Lipinski definition) is 0. The molecular weight excluding hydrogens is 350 g/mol. The van der Waals surface area contributed by atoms with Crippen molar-refractivity contribution in [1.82, 2.24) is 0 Å². The fraction of sp³-hybridized carbons (Fsp3) is 0.714. The van der Waals surface area contributed by atoms with Crippen LogP contribution in [0.25, 0.3) is 0 Å². The van der Waals surface area contributed by atoms with Gasteiger partial charge in [-0.1, -0.05) is 12.8 Å². The van der Waals surface area contributed by atoms with E-state index in [0.29, 0.717) is 5.92 Å². The van der Waals surface area contributed by atoms with Crippen LogP contribution in [0, 0.1) is 23.7 Å². The second-order valence-electron chi connectivity index (χ2n) is 2.27. The van der Waals surface area contributed by atoms with E-state index in [1.54, 1.807) is 0 Å². The Balaban J connectivity index is 0.000000640. The molecule has 0 heterocycles. The maximum absolute atomic E-state index is 8.43. The molecule has 1 radical (unpaired) electrons. The van der Waals surface area contributed by atoms with E-state index in [9.17, 15) is 0 Å². The zero-order valence-electron chi connectivity index (χ0n) is 5.23. The SMILES string of the molecule is N#CC1CC[CH-]CC1.[Es]. The molecule has 1 aliphatic carbocycles. The molecule has 0 aliphatic heterocycles. The molecule has 1 rings (SSSR count). The zero-order valence-corrected chi connectivity index (χ0v) is 7.74. The van der Waals surface area contributed by atoms with Crippen LogP contribution in [0.5, 0.6) is 0 Å². The minimum absolute atomic E-state index is 0. The molecule has 0 aromatic rings. The first-order chi connectivity index (χ1) is 3.93. The van der Waals surface area contributed by atoms with Crippen molar-refractivity contribution in [3.05, 3.63) is 6.42 Å². The van der Waals surface area contributed by atoms with Gasteiger partial charge in [0.05, 0.1) is 6.07 Å². The van der Waals surface area contributed by atoms with Crippen LogP contribution in [0.4, 0.5) is 0 Å². The normalized spacial score (nSPS) is 19.9. The molecule has 2 heteroatoms. The first-order valence-corrected chi connectivity index (χ1v) is 3.15. The first kappa shape index (κ1) is 7.49. The molecule has 0 N–H and O–H groups in total. The van der Waals surface area contributed by atoms with Crippen molar-refractivity contribution in [2.45, 2.75) is 25.7 Å². The van der Waals surface area contributed by atoms with Gasteiger partial charge in [0.15, 0.2) is 0 Å². The van der Waals surface area contributed by atoms with Crippen molar-refractivity contribution in [3.8, 4) is 6.07 Å². The summed E-state index contributed by atoms with van der Waals surface area (Å²) in [4.78, 5) is 0. The molecule has 1 saturated carbocycles. The number of rotatable bonds is 0. The molecule has 1 aliphatic rings. The van der Waals surface area contributed by atoms with Gasteiger partial charge in [-0.15, -0.1) is 0 Å². The van der Waals surface area contributed by atoms with Crippen molar-refractivity contribution >= 4 is 0 Å². The summed E-state index contributed by atoms with van der Waals surface area (Å²) in [5.74, 6) is 0.361. The van der Waals surface area contributed by atoms with E-state index in [1.165, 1.54) is 0 Å². The molecule has 55 valence electrons. The molecule has 0 atom stereocenters. The van der Waals surface area contributed by atoms with Gasteiger partial charge in [0.2, 0.25) is 0 Å². The molecule has 0 unspecified atom stereocenters. The first-order valence-electron chi connectivity index (χ1n) is 3.15. The molecule has 1 fully saturated rings. The fourth-order valence-corrected chi connectivity index (χ4v) is 1.06. The van der Waals surface area contributed by atoms with Crippen LogP contribution >= 0.6 is 0 Å². The molecule has 1 nitrogen and oxygen atoms in total. The summed E-state index contributed by atoms with van der Waals surface area (Å²) in [5.41, 5.74) is 0.